The molecule has 0 saturated heterocycles. The monoisotopic (exact) mass is 429 g/mol. The van der Waals surface area contributed by atoms with Crippen LogP contribution in [0, 0.1) is 11.3 Å². The molecule has 0 spiro atoms. The Morgan fingerprint density at radius 3 is 2.48 bits per heavy atom. The fourth-order valence-electron chi connectivity index (χ4n) is 5.38. The van der Waals surface area contributed by atoms with E-state index in [-0.39, 0.29) is 28.6 Å². The first-order valence-corrected chi connectivity index (χ1v) is 11.8. The molecular weight excluding hydrogens is 390 g/mol. The highest BCUT2D eigenvalue weighted by Gasteiger charge is 2.45. The van der Waals surface area contributed by atoms with E-state index in [4.69, 9.17) is 9.47 Å². The minimum absolute atomic E-state index is 0.0746. The lowest BCUT2D eigenvalue weighted by Crippen LogP contribution is -2.46. The lowest BCUT2D eigenvalue weighted by Gasteiger charge is -2.49. The lowest BCUT2D eigenvalue weighted by atomic mass is 9.55. The zero-order valence-corrected chi connectivity index (χ0v) is 19.9. The molecule has 2 aliphatic carbocycles. The van der Waals surface area contributed by atoms with Gasteiger partial charge in [0.1, 0.15) is 0 Å². The van der Waals surface area contributed by atoms with E-state index in [1.807, 2.05) is 19.1 Å². The number of nitrogens with one attached hydrogen (secondary N) is 1. The van der Waals surface area contributed by atoms with Crippen molar-refractivity contribution in [3.8, 4) is 0 Å². The van der Waals surface area contributed by atoms with E-state index >= 15 is 0 Å². The summed E-state index contributed by atoms with van der Waals surface area (Å²) in [6.07, 6.45) is 6.95. The van der Waals surface area contributed by atoms with Crippen molar-refractivity contribution >= 4 is 11.9 Å². The smallest absolute Gasteiger partial charge is 0.338 e. The normalized spacial score (nSPS) is 27.3. The van der Waals surface area contributed by atoms with E-state index < -0.39 is 0 Å². The Labute approximate surface area is 187 Å². The van der Waals surface area contributed by atoms with Crippen LogP contribution in [0.5, 0.6) is 0 Å². The van der Waals surface area contributed by atoms with Crippen molar-refractivity contribution in [2.75, 3.05) is 20.3 Å². The van der Waals surface area contributed by atoms with Crippen molar-refractivity contribution in [3.63, 3.8) is 0 Å². The van der Waals surface area contributed by atoms with Gasteiger partial charge in [-0.05, 0) is 86.0 Å². The minimum atomic E-state index is -0.257. The third kappa shape index (κ3) is 4.97. The van der Waals surface area contributed by atoms with Crippen molar-refractivity contribution in [2.45, 2.75) is 84.2 Å². The molecule has 172 valence electrons. The van der Waals surface area contributed by atoms with E-state index in [1.54, 1.807) is 7.11 Å². The molecule has 5 heteroatoms. The molecule has 1 amide bonds. The average Bonchev–Trinajstić information content (AvgIpc) is 2.76. The fraction of sp³-hybridized carbons (Fsp3) is 0.692. The predicted octanol–water partition coefficient (Wildman–Crippen LogP) is 4.80. The molecule has 31 heavy (non-hydrogen) atoms. The summed E-state index contributed by atoms with van der Waals surface area (Å²) in [4.78, 5) is 24.9. The van der Waals surface area contributed by atoms with Crippen LogP contribution in [0.25, 0.3) is 0 Å². The second-order valence-electron chi connectivity index (χ2n) is 10.1. The van der Waals surface area contributed by atoms with Crippen LogP contribution >= 0.6 is 0 Å². The van der Waals surface area contributed by atoms with Gasteiger partial charge in [-0.2, -0.15) is 0 Å². The second kappa shape index (κ2) is 9.72. The molecular formula is C26H39NO4. The first kappa shape index (κ1) is 23.8. The van der Waals surface area contributed by atoms with Crippen molar-refractivity contribution in [1.82, 2.24) is 5.32 Å². The van der Waals surface area contributed by atoms with Gasteiger partial charge < -0.3 is 14.8 Å². The molecule has 3 rings (SSSR count). The topological polar surface area (TPSA) is 64.6 Å². The maximum absolute atomic E-state index is 12.7. The van der Waals surface area contributed by atoms with Gasteiger partial charge in [0.25, 0.3) is 0 Å². The van der Waals surface area contributed by atoms with Crippen LogP contribution in [0.2, 0.25) is 0 Å². The molecule has 1 aromatic rings. The number of hydrogen-bond donors (Lipinski definition) is 1. The van der Waals surface area contributed by atoms with E-state index in [2.05, 4.69) is 32.2 Å². The maximum atomic E-state index is 12.7. The summed E-state index contributed by atoms with van der Waals surface area (Å²) in [5.74, 6) is 0.0370. The van der Waals surface area contributed by atoms with Crippen LogP contribution in [0.15, 0.2) is 18.2 Å². The molecule has 1 fully saturated rings. The van der Waals surface area contributed by atoms with Crippen LogP contribution in [-0.4, -0.2) is 38.2 Å². The molecule has 1 atom stereocenters. The Hall–Kier alpha value is -1.88. The van der Waals surface area contributed by atoms with Gasteiger partial charge in [0.2, 0.25) is 5.91 Å². The number of hydrogen-bond acceptors (Lipinski definition) is 4. The Kier molecular flexibility index (Phi) is 7.46. The number of benzene rings is 1. The number of aryl methyl sites for hydroxylation is 1. The van der Waals surface area contributed by atoms with Gasteiger partial charge in [-0.25, -0.2) is 4.79 Å². The van der Waals surface area contributed by atoms with E-state index in [0.717, 1.165) is 44.9 Å². The first-order chi connectivity index (χ1) is 14.7. The summed E-state index contributed by atoms with van der Waals surface area (Å²) >= 11 is 0. The minimum Gasteiger partial charge on any atom is -0.462 e. The van der Waals surface area contributed by atoms with Crippen LogP contribution < -0.4 is 5.32 Å². The van der Waals surface area contributed by atoms with Crippen LogP contribution in [0.3, 0.4) is 0 Å². The number of methoxy groups -OCH3 is 1. The quantitative estimate of drug-likeness (QED) is 0.632. The Balaban J connectivity index is 1.68. The van der Waals surface area contributed by atoms with Crippen LogP contribution in [0.4, 0.5) is 0 Å². The lowest BCUT2D eigenvalue weighted by molar-refractivity contribution is -0.126. The third-order valence-electron chi connectivity index (χ3n) is 8.03. The predicted molar refractivity (Wildman–Crippen MR) is 122 cm³/mol. The molecule has 0 aliphatic heterocycles. The van der Waals surface area contributed by atoms with Gasteiger partial charge in [0, 0.05) is 19.6 Å². The third-order valence-corrected chi connectivity index (χ3v) is 8.03. The number of carbonyl (C=O) groups excluding carboxylic acids is 2. The number of fused-ring (bicyclic) bond motifs is 1. The molecule has 1 aromatic carbocycles. The van der Waals surface area contributed by atoms with Gasteiger partial charge in [-0.1, -0.05) is 26.8 Å². The van der Waals surface area contributed by atoms with Crippen LogP contribution in [-0.2, 0) is 26.1 Å². The first-order valence-electron chi connectivity index (χ1n) is 11.8. The SMILES string of the molecule is CCOC(=O)c1ccc2c(c1)CCC(C)(C)C2(C)CCNC(=O)C1CCC(OC)CC1. The number of ether oxygens (including phenoxy) is 2. The zero-order chi connectivity index (χ0) is 22.6. The van der Waals surface area contributed by atoms with Crippen molar-refractivity contribution in [3.05, 3.63) is 34.9 Å². The summed E-state index contributed by atoms with van der Waals surface area (Å²) in [7, 11) is 1.76. The summed E-state index contributed by atoms with van der Waals surface area (Å²) in [6, 6.07) is 6.01. The van der Waals surface area contributed by atoms with E-state index in [0.29, 0.717) is 24.8 Å². The Bertz CT molecular complexity index is 795. The number of rotatable bonds is 7. The standard InChI is InChI=1S/C26H39NO4/c1-6-31-24(29)20-9-12-22-19(17-20)13-14-25(2,3)26(22,4)15-16-27-23(28)18-7-10-21(30-5)11-8-18/h9,12,17-18,21H,6-8,10-11,13-16H2,1-5H3,(H,27,28). The maximum Gasteiger partial charge on any atom is 0.338 e. The van der Waals surface area contributed by atoms with Crippen molar-refractivity contribution in [1.29, 1.82) is 0 Å². The summed E-state index contributed by atoms with van der Waals surface area (Å²) in [5, 5.41) is 3.22. The molecule has 0 aromatic heterocycles. The molecule has 0 heterocycles. The number of carbonyl (C=O) groups is 2. The Morgan fingerprint density at radius 1 is 1.13 bits per heavy atom. The van der Waals surface area contributed by atoms with Gasteiger partial charge in [-0.15, -0.1) is 0 Å². The van der Waals surface area contributed by atoms with Crippen LogP contribution in [0.1, 0.15) is 87.7 Å². The molecule has 5 nitrogen and oxygen atoms in total. The number of esters is 1. The number of amides is 1. The summed E-state index contributed by atoms with van der Waals surface area (Å²) in [5.41, 5.74) is 3.19. The van der Waals surface area contributed by atoms with Crippen molar-refractivity contribution < 1.29 is 19.1 Å². The highest BCUT2D eigenvalue weighted by atomic mass is 16.5. The molecule has 1 unspecified atom stereocenters. The Morgan fingerprint density at radius 2 is 1.84 bits per heavy atom. The molecule has 0 radical (unpaired) electrons. The molecule has 1 N–H and O–H groups in total. The van der Waals surface area contributed by atoms with E-state index in [1.165, 1.54) is 11.1 Å². The second-order valence-corrected chi connectivity index (χ2v) is 10.1. The highest BCUT2D eigenvalue weighted by Crippen LogP contribution is 2.51. The molecule has 1 saturated carbocycles. The van der Waals surface area contributed by atoms with Gasteiger partial charge >= 0.3 is 5.97 Å². The zero-order valence-electron chi connectivity index (χ0n) is 19.9. The average molecular weight is 430 g/mol. The molecule has 0 bridgehead atoms. The molecule has 2 aliphatic rings. The summed E-state index contributed by atoms with van der Waals surface area (Å²) < 4.78 is 10.6. The van der Waals surface area contributed by atoms with Gasteiger partial charge in [-0.3, -0.25) is 4.79 Å². The van der Waals surface area contributed by atoms with Crippen molar-refractivity contribution in [2.24, 2.45) is 11.3 Å². The summed E-state index contributed by atoms with van der Waals surface area (Å²) in [6.45, 7) is 9.83. The van der Waals surface area contributed by atoms with Gasteiger partial charge in [0.15, 0.2) is 0 Å². The largest absolute Gasteiger partial charge is 0.462 e. The fourth-order valence-corrected chi connectivity index (χ4v) is 5.38. The van der Waals surface area contributed by atoms with E-state index in [9.17, 15) is 9.59 Å². The highest BCUT2D eigenvalue weighted by molar-refractivity contribution is 5.89. The van der Waals surface area contributed by atoms with Gasteiger partial charge in [0.05, 0.1) is 18.3 Å².